The van der Waals surface area contributed by atoms with E-state index in [4.69, 9.17) is 17.0 Å². The van der Waals surface area contributed by atoms with Gasteiger partial charge in [0.15, 0.2) is 0 Å². The van der Waals surface area contributed by atoms with Crippen molar-refractivity contribution in [2.24, 2.45) is 0 Å². The molecule has 0 spiro atoms. The first-order valence-electron chi connectivity index (χ1n) is 4.77. The number of ether oxygens (including phenoxy) is 1. The molecule has 0 amide bonds. The summed E-state index contributed by atoms with van der Waals surface area (Å²) in [6.07, 6.45) is 1.74. The molecule has 82 valence electrons. The van der Waals surface area contributed by atoms with Gasteiger partial charge in [0.05, 0.1) is 12.8 Å². The van der Waals surface area contributed by atoms with Gasteiger partial charge in [0, 0.05) is 17.8 Å². The maximum atomic E-state index is 5.06. The first-order chi connectivity index (χ1) is 7.69. The van der Waals surface area contributed by atoms with Crippen molar-refractivity contribution in [1.29, 1.82) is 0 Å². The van der Waals surface area contributed by atoms with Crippen molar-refractivity contribution in [3.63, 3.8) is 0 Å². The summed E-state index contributed by atoms with van der Waals surface area (Å²) in [5, 5.41) is 0. The second-order valence-corrected chi connectivity index (χ2v) is 3.73. The number of nitrogens with one attached hydrogen (secondary N) is 1. The van der Waals surface area contributed by atoms with E-state index in [9.17, 15) is 0 Å². The highest BCUT2D eigenvalue weighted by atomic mass is 32.1. The van der Waals surface area contributed by atoms with Gasteiger partial charge in [0.1, 0.15) is 10.5 Å². The molecular weight excluding hydrogens is 222 g/mol. The number of pyridine rings is 1. The number of aromatic amines is 1. The molecule has 0 bridgehead atoms. The maximum Gasteiger partial charge on any atom is 0.212 e. The molecule has 0 aromatic carbocycles. The summed E-state index contributed by atoms with van der Waals surface area (Å²) in [4.78, 5) is 11.4. The standard InChI is InChI=1S/C11H11N3OS/c1-7-13-9(5-11(16)14-7)8-3-4-10(15-2)12-6-8/h3-6H,1-2H3,(H,13,14,16). The van der Waals surface area contributed by atoms with E-state index in [1.165, 1.54) is 0 Å². The van der Waals surface area contributed by atoms with Crippen LogP contribution >= 0.6 is 12.2 Å². The first-order valence-corrected chi connectivity index (χ1v) is 5.18. The third-order valence-electron chi connectivity index (χ3n) is 2.12. The molecular formula is C11H11N3OS. The quantitative estimate of drug-likeness (QED) is 0.810. The topological polar surface area (TPSA) is 50.8 Å². The van der Waals surface area contributed by atoms with Crippen molar-refractivity contribution in [2.75, 3.05) is 7.11 Å². The molecule has 0 saturated heterocycles. The van der Waals surface area contributed by atoms with E-state index in [1.807, 2.05) is 25.1 Å². The number of aromatic nitrogens is 3. The highest BCUT2D eigenvalue weighted by Crippen LogP contribution is 2.17. The van der Waals surface area contributed by atoms with Crippen molar-refractivity contribution >= 4 is 12.2 Å². The fraction of sp³-hybridized carbons (Fsp3) is 0.182. The lowest BCUT2D eigenvalue weighted by atomic mass is 10.2. The van der Waals surface area contributed by atoms with E-state index in [1.54, 1.807) is 13.3 Å². The Morgan fingerprint density at radius 3 is 2.75 bits per heavy atom. The van der Waals surface area contributed by atoms with E-state index in [2.05, 4.69) is 15.0 Å². The maximum absolute atomic E-state index is 5.06. The Hall–Kier alpha value is -1.75. The Kier molecular flexibility index (Phi) is 2.96. The molecule has 0 aliphatic rings. The van der Waals surface area contributed by atoms with Crippen LogP contribution in [0.25, 0.3) is 11.3 Å². The van der Waals surface area contributed by atoms with Crippen molar-refractivity contribution < 1.29 is 4.74 Å². The number of nitrogens with zero attached hydrogens (tertiary/aromatic N) is 2. The van der Waals surface area contributed by atoms with E-state index in [0.29, 0.717) is 10.5 Å². The Bertz CT molecular complexity index is 548. The van der Waals surface area contributed by atoms with Gasteiger partial charge in [-0.2, -0.15) is 0 Å². The summed E-state index contributed by atoms with van der Waals surface area (Å²) in [7, 11) is 1.59. The van der Waals surface area contributed by atoms with Gasteiger partial charge in [-0.25, -0.2) is 9.97 Å². The van der Waals surface area contributed by atoms with Gasteiger partial charge >= 0.3 is 0 Å². The van der Waals surface area contributed by atoms with E-state index in [-0.39, 0.29) is 0 Å². The van der Waals surface area contributed by atoms with Crippen molar-refractivity contribution in [3.8, 4) is 17.1 Å². The minimum Gasteiger partial charge on any atom is -0.481 e. The summed E-state index contributed by atoms with van der Waals surface area (Å²) in [6, 6.07) is 5.54. The van der Waals surface area contributed by atoms with Crippen LogP contribution in [-0.4, -0.2) is 22.1 Å². The van der Waals surface area contributed by atoms with Gasteiger partial charge in [0.2, 0.25) is 5.88 Å². The fourth-order valence-electron chi connectivity index (χ4n) is 1.40. The van der Waals surface area contributed by atoms with Crippen LogP contribution in [-0.2, 0) is 0 Å². The Morgan fingerprint density at radius 1 is 1.38 bits per heavy atom. The molecule has 0 saturated carbocycles. The molecule has 0 atom stereocenters. The Morgan fingerprint density at radius 2 is 2.19 bits per heavy atom. The zero-order chi connectivity index (χ0) is 11.5. The summed E-state index contributed by atoms with van der Waals surface area (Å²) in [6.45, 7) is 1.87. The second kappa shape index (κ2) is 4.40. The monoisotopic (exact) mass is 233 g/mol. The van der Waals surface area contributed by atoms with Crippen LogP contribution in [0.1, 0.15) is 5.82 Å². The van der Waals surface area contributed by atoms with E-state index >= 15 is 0 Å². The number of methoxy groups -OCH3 is 1. The third-order valence-corrected chi connectivity index (χ3v) is 2.33. The SMILES string of the molecule is COc1ccc(-c2cc(=S)nc(C)[nH]2)cn1. The molecule has 0 fully saturated rings. The Labute approximate surface area is 98.3 Å². The van der Waals surface area contributed by atoms with Crippen LogP contribution in [0.2, 0.25) is 0 Å². The molecule has 16 heavy (non-hydrogen) atoms. The number of hydrogen-bond donors (Lipinski definition) is 1. The van der Waals surface area contributed by atoms with Gasteiger partial charge < -0.3 is 9.72 Å². The molecule has 4 nitrogen and oxygen atoms in total. The van der Waals surface area contributed by atoms with Gasteiger partial charge in [-0.05, 0) is 19.1 Å². The summed E-state index contributed by atoms with van der Waals surface area (Å²) in [5.41, 5.74) is 1.87. The third kappa shape index (κ3) is 2.25. The molecule has 0 aliphatic heterocycles. The lowest BCUT2D eigenvalue weighted by Crippen LogP contribution is -1.92. The van der Waals surface area contributed by atoms with Gasteiger partial charge in [-0.3, -0.25) is 0 Å². The number of H-pyrrole nitrogens is 1. The Balaban J connectivity index is 2.46. The predicted octanol–water partition coefficient (Wildman–Crippen LogP) is 2.52. The fourth-order valence-corrected chi connectivity index (χ4v) is 1.65. The minimum absolute atomic E-state index is 0.571. The van der Waals surface area contributed by atoms with Crippen molar-refractivity contribution in [2.45, 2.75) is 6.92 Å². The van der Waals surface area contributed by atoms with Crippen molar-refractivity contribution in [1.82, 2.24) is 15.0 Å². The molecule has 0 aliphatic carbocycles. The average Bonchev–Trinajstić information content (AvgIpc) is 2.28. The lowest BCUT2D eigenvalue weighted by molar-refractivity contribution is 0.398. The van der Waals surface area contributed by atoms with E-state index < -0.39 is 0 Å². The molecule has 0 radical (unpaired) electrons. The van der Waals surface area contributed by atoms with Gasteiger partial charge in [0.25, 0.3) is 0 Å². The molecule has 2 rings (SSSR count). The van der Waals surface area contributed by atoms with Crippen LogP contribution in [0, 0.1) is 11.6 Å². The first kappa shape index (κ1) is 10.8. The number of hydrogen-bond acceptors (Lipinski definition) is 4. The zero-order valence-electron chi connectivity index (χ0n) is 9.02. The van der Waals surface area contributed by atoms with Crippen LogP contribution < -0.4 is 4.74 Å². The van der Waals surface area contributed by atoms with E-state index in [0.717, 1.165) is 17.1 Å². The largest absolute Gasteiger partial charge is 0.481 e. The van der Waals surface area contributed by atoms with Crippen LogP contribution in [0.4, 0.5) is 0 Å². The number of aryl methyl sites for hydroxylation is 1. The molecule has 5 heteroatoms. The minimum atomic E-state index is 0.571. The highest BCUT2D eigenvalue weighted by molar-refractivity contribution is 7.71. The average molecular weight is 233 g/mol. The molecule has 2 aromatic heterocycles. The normalized spacial score (nSPS) is 10.1. The molecule has 0 unspecified atom stereocenters. The smallest absolute Gasteiger partial charge is 0.212 e. The van der Waals surface area contributed by atoms with Crippen LogP contribution in [0.15, 0.2) is 24.4 Å². The summed E-state index contributed by atoms with van der Waals surface area (Å²) in [5.74, 6) is 1.38. The van der Waals surface area contributed by atoms with Crippen molar-refractivity contribution in [3.05, 3.63) is 34.9 Å². The van der Waals surface area contributed by atoms with Gasteiger partial charge in [-0.1, -0.05) is 12.2 Å². The van der Waals surface area contributed by atoms with Gasteiger partial charge in [-0.15, -0.1) is 0 Å². The zero-order valence-corrected chi connectivity index (χ0v) is 9.84. The predicted molar refractivity (Wildman–Crippen MR) is 63.9 cm³/mol. The lowest BCUT2D eigenvalue weighted by Gasteiger charge is -2.04. The molecule has 2 heterocycles. The molecule has 1 N–H and O–H groups in total. The summed E-state index contributed by atoms with van der Waals surface area (Å²) >= 11 is 5.06. The highest BCUT2D eigenvalue weighted by Gasteiger charge is 2.00. The summed E-state index contributed by atoms with van der Waals surface area (Å²) < 4.78 is 5.57. The number of rotatable bonds is 2. The molecule has 2 aromatic rings. The van der Waals surface area contributed by atoms with Crippen LogP contribution in [0.5, 0.6) is 5.88 Å². The second-order valence-electron chi connectivity index (χ2n) is 3.31. The van der Waals surface area contributed by atoms with Crippen LogP contribution in [0.3, 0.4) is 0 Å².